The van der Waals surface area contributed by atoms with Crippen LogP contribution in [0.5, 0.6) is 0 Å². The van der Waals surface area contributed by atoms with Crippen LogP contribution in [0.25, 0.3) is 0 Å². The van der Waals surface area contributed by atoms with E-state index in [9.17, 15) is 35.1 Å². The van der Waals surface area contributed by atoms with Crippen LogP contribution in [-0.2, 0) is 23.8 Å². The van der Waals surface area contributed by atoms with E-state index < -0.39 is 67.4 Å². The maximum Gasteiger partial charge on any atom is 0.306 e. The summed E-state index contributed by atoms with van der Waals surface area (Å²) in [6.07, 6.45) is 68.7. The van der Waals surface area contributed by atoms with Crippen molar-refractivity contribution in [1.82, 2.24) is 5.32 Å². The van der Waals surface area contributed by atoms with E-state index in [4.69, 9.17) is 14.2 Å². The molecule has 8 unspecified atom stereocenters. The molecule has 504 valence electrons. The van der Waals surface area contributed by atoms with E-state index in [-0.39, 0.29) is 13.0 Å². The Morgan fingerprint density at radius 1 is 0.453 bits per heavy atom. The van der Waals surface area contributed by atoms with Crippen molar-refractivity contribution >= 4 is 11.9 Å². The molecule has 0 bridgehead atoms. The number of aliphatic hydroxyl groups is 5. The fraction of sp³-hybridized carbons (Fsp3) is 0.867. The summed E-state index contributed by atoms with van der Waals surface area (Å²) in [5, 5.41) is 57.3. The number of rotatable bonds is 64. The van der Waals surface area contributed by atoms with Gasteiger partial charge in [-0.3, -0.25) is 9.59 Å². The quantitative estimate of drug-likeness (QED) is 0.0195. The molecule has 11 heteroatoms. The highest BCUT2D eigenvalue weighted by Gasteiger charge is 2.47. The van der Waals surface area contributed by atoms with Crippen LogP contribution in [0.15, 0.2) is 48.6 Å². The van der Waals surface area contributed by atoms with E-state index in [2.05, 4.69) is 62.5 Å². The number of allylic oxidation sites excluding steroid dienone is 7. The summed E-state index contributed by atoms with van der Waals surface area (Å²) in [4.78, 5) is 26.7. The number of aliphatic hydroxyl groups excluding tert-OH is 5. The van der Waals surface area contributed by atoms with E-state index in [0.29, 0.717) is 19.3 Å². The second kappa shape index (κ2) is 62.8. The molecule has 11 nitrogen and oxygen atoms in total. The van der Waals surface area contributed by atoms with Gasteiger partial charge in [0.15, 0.2) is 12.4 Å². The first kappa shape index (κ1) is 81.6. The highest BCUT2D eigenvalue weighted by atomic mass is 16.7. The fourth-order valence-electron chi connectivity index (χ4n) is 11.7. The van der Waals surface area contributed by atoms with Gasteiger partial charge >= 0.3 is 5.97 Å². The van der Waals surface area contributed by atoms with Gasteiger partial charge in [-0.1, -0.05) is 333 Å². The first-order chi connectivity index (χ1) is 42.2. The van der Waals surface area contributed by atoms with Crippen LogP contribution in [-0.4, -0.2) is 99.6 Å². The Kier molecular flexibility index (Phi) is 59.6. The lowest BCUT2D eigenvalue weighted by molar-refractivity contribution is -0.305. The Morgan fingerprint density at radius 2 is 0.802 bits per heavy atom. The monoisotopic (exact) mass is 1210 g/mol. The molecule has 1 rings (SSSR count). The third-order valence-electron chi connectivity index (χ3n) is 17.5. The summed E-state index contributed by atoms with van der Waals surface area (Å²) >= 11 is 0. The van der Waals surface area contributed by atoms with E-state index in [1.54, 1.807) is 6.08 Å². The summed E-state index contributed by atoms with van der Waals surface area (Å²) in [5.74, 6) is -1.18. The van der Waals surface area contributed by atoms with Crippen molar-refractivity contribution in [2.45, 2.75) is 404 Å². The average Bonchev–Trinajstić information content (AvgIpc) is 3.68. The van der Waals surface area contributed by atoms with Crippen molar-refractivity contribution in [3.8, 4) is 0 Å². The SMILES string of the molecule is CCCCC/C=C\C/C=C\C/C=C\CCCCCCCCCCCCCC(O)C(=O)NC(COC1OC(CO)C(O)C(O)C1OC(=O)CCCCCCCCCCCCCCCCCCCCCCC)C(O)/C=C/CCCCCCCCCCCC. The zero-order valence-electron chi connectivity index (χ0n) is 56.2. The van der Waals surface area contributed by atoms with Gasteiger partial charge in [-0.05, 0) is 64.2 Å². The van der Waals surface area contributed by atoms with Crippen LogP contribution in [0, 0.1) is 0 Å². The van der Waals surface area contributed by atoms with Crippen LogP contribution >= 0.6 is 0 Å². The second-order valence-electron chi connectivity index (χ2n) is 25.7. The molecule has 1 amide bonds. The van der Waals surface area contributed by atoms with Crippen molar-refractivity contribution in [2.24, 2.45) is 0 Å². The summed E-state index contributed by atoms with van der Waals surface area (Å²) in [6, 6.07) is -1.02. The van der Waals surface area contributed by atoms with Crippen LogP contribution in [0.4, 0.5) is 0 Å². The summed E-state index contributed by atoms with van der Waals surface area (Å²) in [7, 11) is 0. The standard InChI is InChI=1S/C75H139NO10/c1-4-7-10-13-16-19-22-25-27-29-31-33-34-35-37-38-40-42-44-47-50-53-56-59-62-68(79)74(83)76-66(67(78)61-58-55-52-49-46-24-21-18-15-12-9-6-3)65-84-75-73(72(82)71(81)69(64-77)85-75)86-70(80)63-60-57-54-51-48-45-43-41-39-36-32-30-28-26-23-20-17-14-11-8-5-2/h16,19,25,27,31,33,58,61,66-69,71-73,75,77-79,81-82H,4-15,17-18,20-24,26,28-30,32,34-57,59-60,62-65H2,1-3H3,(H,76,83)/b19-16-,27-25-,33-31-,61-58+. The lowest BCUT2D eigenvalue weighted by Crippen LogP contribution is -2.61. The van der Waals surface area contributed by atoms with Crippen LogP contribution in [0.2, 0.25) is 0 Å². The van der Waals surface area contributed by atoms with E-state index >= 15 is 0 Å². The number of hydrogen-bond donors (Lipinski definition) is 6. The number of ether oxygens (including phenoxy) is 3. The molecule has 0 saturated carbocycles. The highest BCUT2D eigenvalue weighted by Crippen LogP contribution is 2.26. The summed E-state index contributed by atoms with van der Waals surface area (Å²) < 4.78 is 17.7. The molecule has 0 aliphatic carbocycles. The van der Waals surface area contributed by atoms with Crippen LogP contribution in [0.3, 0.4) is 0 Å². The van der Waals surface area contributed by atoms with Gasteiger partial charge < -0.3 is 45.1 Å². The Morgan fingerprint density at radius 3 is 1.22 bits per heavy atom. The predicted octanol–water partition coefficient (Wildman–Crippen LogP) is 19.1. The lowest BCUT2D eigenvalue weighted by Gasteiger charge is -2.41. The third-order valence-corrected chi connectivity index (χ3v) is 17.5. The first-order valence-electron chi connectivity index (χ1n) is 36.9. The second-order valence-corrected chi connectivity index (χ2v) is 25.7. The molecule has 1 fully saturated rings. The number of hydrogen-bond acceptors (Lipinski definition) is 10. The summed E-state index contributed by atoms with van der Waals surface area (Å²) in [5.41, 5.74) is 0. The molecule has 1 heterocycles. The molecule has 86 heavy (non-hydrogen) atoms. The van der Waals surface area contributed by atoms with Gasteiger partial charge in [-0.25, -0.2) is 0 Å². The zero-order valence-corrected chi connectivity index (χ0v) is 56.2. The number of carbonyl (C=O) groups is 2. The van der Waals surface area contributed by atoms with Crippen LogP contribution < -0.4 is 5.32 Å². The van der Waals surface area contributed by atoms with Crippen molar-refractivity contribution in [1.29, 1.82) is 0 Å². The Bertz CT molecular complexity index is 1590. The van der Waals surface area contributed by atoms with Gasteiger partial charge in [0.05, 0.1) is 25.4 Å². The summed E-state index contributed by atoms with van der Waals surface area (Å²) in [6.45, 7) is 5.82. The van der Waals surface area contributed by atoms with E-state index in [1.165, 1.54) is 231 Å². The molecule has 0 radical (unpaired) electrons. The highest BCUT2D eigenvalue weighted by molar-refractivity contribution is 5.80. The predicted molar refractivity (Wildman–Crippen MR) is 361 cm³/mol. The number of esters is 1. The maximum absolute atomic E-state index is 13.5. The number of unbranched alkanes of at least 4 members (excludes halogenated alkanes) is 44. The minimum atomic E-state index is -1.61. The average molecular weight is 1210 g/mol. The van der Waals surface area contributed by atoms with Crippen molar-refractivity contribution in [3.05, 3.63) is 48.6 Å². The Hall–Kier alpha value is -2.38. The van der Waals surface area contributed by atoms with Gasteiger partial charge in [-0.15, -0.1) is 0 Å². The Balaban J connectivity index is 2.55. The largest absolute Gasteiger partial charge is 0.454 e. The molecular weight excluding hydrogens is 1070 g/mol. The molecule has 1 aliphatic heterocycles. The smallest absolute Gasteiger partial charge is 0.306 e. The minimum absolute atomic E-state index is 0.128. The Labute approximate surface area is 529 Å². The van der Waals surface area contributed by atoms with Crippen molar-refractivity contribution in [3.63, 3.8) is 0 Å². The van der Waals surface area contributed by atoms with Gasteiger partial charge in [0.2, 0.25) is 5.91 Å². The first-order valence-corrected chi connectivity index (χ1v) is 36.9. The number of nitrogens with one attached hydrogen (secondary N) is 1. The third kappa shape index (κ3) is 49.4. The normalized spacial score (nSPS) is 18.5. The number of amides is 1. The van der Waals surface area contributed by atoms with Crippen molar-refractivity contribution in [2.75, 3.05) is 13.2 Å². The lowest BCUT2D eigenvalue weighted by atomic mass is 9.99. The molecule has 1 aliphatic rings. The van der Waals surface area contributed by atoms with Gasteiger partial charge in [0.1, 0.15) is 24.4 Å². The van der Waals surface area contributed by atoms with Gasteiger partial charge in [0, 0.05) is 6.42 Å². The molecule has 6 N–H and O–H groups in total. The number of carbonyl (C=O) groups excluding carboxylic acids is 2. The molecule has 0 aromatic rings. The molecule has 8 atom stereocenters. The zero-order chi connectivity index (χ0) is 62.4. The molecule has 0 aromatic carbocycles. The van der Waals surface area contributed by atoms with Crippen LogP contribution in [0.1, 0.15) is 355 Å². The molecular formula is C75H139NO10. The molecule has 0 aromatic heterocycles. The minimum Gasteiger partial charge on any atom is -0.454 e. The van der Waals surface area contributed by atoms with Crippen molar-refractivity contribution < 1.29 is 49.3 Å². The maximum atomic E-state index is 13.5. The molecule has 0 spiro atoms. The fourth-order valence-corrected chi connectivity index (χ4v) is 11.7. The van der Waals surface area contributed by atoms with E-state index in [1.807, 2.05) is 6.08 Å². The van der Waals surface area contributed by atoms with Gasteiger partial charge in [-0.2, -0.15) is 0 Å². The molecule has 1 saturated heterocycles. The van der Waals surface area contributed by atoms with Gasteiger partial charge in [0.25, 0.3) is 0 Å². The van der Waals surface area contributed by atoms with E-state index in [0.717, 1.165) is 77.0 Å². The topological polar surface area (TPSA) is 175 Å².